The Morgan fingerprint density at radius 1 is 0.833 bits per heavy atom. The number of benzene rings is 2. The third-order valence-electron chi connectivity index (χ3n) is 2.66. The van der Waals surface area contributed by atoms with Gasteiger partial charge < -0.3 is 0 Å². The van der Waals surface area contributed by atoms with Crippen LogP contribution in [0.3, 0.4) is 0 Å². The minimum Gasteiger partial charge on any atom is -0.205 e. The molecule has 0 amide bonds. The summed E-state index contributed by atoms with van der Waals surface area (Å²) in [5, 5.41) is 0. The van der Waals surface area contributed by atoms with E-state index in [2.05, 4.69) is 0 Å². The molecule has 0 atom stereocenters. The zero-order valence-electron chi connectivity index (χ0n) is 9.34. The zero-order valence-corrected chi connectivity index (χ0v) is 9.34. The summed E-state index contributed by atoms with van der Waals surface area (Å²) < 4.78 is 51.7. The summed E-state index contributed by atoms with van der Waals surface area (Å²) in [7, 11) is 0. The number of hydrogen-bond donors (Lipinski definition) is 0. The maximum atomic E-state index is 13.6. The molecule has 94 valence electrons. The average molecular weight is 254 g/mol. The summed E-state index contributed by atoms with van der Waals surface area (Å²) in [5.41, 5.74) is -0.0343. The predicted octanol–water partition coefficient (Wildman–Crippen LogP) is 4.49. The van der Waals surface area contributed by atoms with Crippen LogP contribution in [0.4, 0.5) is 17.6 Å². The second kappa shape index (κ2) is 5.21. The van der Waals surface area contributed by atoms with Crippen molar-refractivity contribution in [3.05, 3.63) is 70.8 Å². The highest BCUT2D eigenvalue weighted by molar-refractivity contribution is 5.31. The molecule has 0 aliphatic heterocycles. The van der Waals surface area contributed by atoms with Crippen molar-refractivity contribution < 1.29 is 17.6 Å². The summed E-state index contributed by atoms with van der Waals surface area (Å²) in [6.07, 6.45) is -2.84. The minimum atomic E-state index is -3.01. The molecule has 0 aliphatic rings. The van der Waals surface area contributed by atoms with Crippen LogP contribution in [0.1, 0.15) is 23.1 Å². The summed E-state index contributed by atoms with van der Waals surface area (Å²) in [4.78, 5) is 0. The fourth-order valence-corrected chi connectivity index (χ4v) is 1.73. The van der Waals surface area contributed by atoms with Crippen LogP contribution in [0.2, 0.25) is 0 Å². The Hall–Kier alpha value is -1.84. The van der Waals surface area contributed by atoms with Crippen molar-refractivity contribution >= 4 is 0 Å². The fraction of sp³-hybridized carbons (Fsp3) is 0.143. The van der Waals surface area contributed by atoms with Crippen LogP contribution in [-0.4, -0.2) is 0 Å². The topological polar surface area (TPSA) is 0 Å². The van der Waals surface area contributed by atoms with Gasteiger partial charge in [0.05, 0.1) is 5.56 Å². The molecule has 0 aliphatic carbocycles. The summed E-state index contributed by atoms with van der Waals surface area (Å²) in [6.45, 7) is 0. The molecule has 2 aromatic rings. The molecule has 0 heterocycles. The molecule has 2 aromatic carbocycles. The molecule has 0 N–H and O–H groups in total. The van der Waals surface area contributed by atoms with E-state index >= 15 is 0 Å². The second-order valence-electron chi connectivity index (χ2n) is 3.90. The van der Waals surface area contributed by atoms with Gasteiger partial charge in [0.15, 0.2) is 11.6 Å². The molecule has 0 fully saturated rings. The number of rotatable bonds is 3. The zero-order chi connectivity index (χ0) is 13.1. The lowest BCUT2D eigenvalue weighted by molar-refractivity contribution is 0.145. The highest BCUT2D eigenvalue weighted by atomic mass is 19.3. The SMILES string of the molecule is Fc1c(Cc2ccccc2)ccc(C(F)F)c1F. The van der Waals surface area contributed by atoms with Crippen LogP contribution in [0.15, 0.2) is 42.5 Å². The molecular weight excluding hydrogens is 244 g/mol. The molecule has 0 saturated carbocycles. The Morgan fingerprint density at radius 2 is 1.50 bits per heavy atom. The average Bonchev–Trinajstić information content (AvgIpc) is 2.36. The van der Waals surface area contributed by atoms with Crippen LogP contribution in [0, 0.1) is 11.6 Å². The molecule has 18 heavy (non-hydrogen) atoms. The van der Waals surface area contributed by atoms with Crippen molar-refractivity contribution in [2.24, 2.45) is 0 Å². The van der Waals surface area contributed by atoms with E-state index in [1.165, 1.54) is 6.07 Å². The molecule has 0 unspecified atom stereocenters. The van der Waals surface area contributed by atoms with Crippen molar-refractivity contribution in [3.8, 4) is 0 Å². The van der Waals surface area contributed by atoms with Gasteiger partial charge in [-0.05, 0) is 17.2 Å². The lowest BCUT2D eigenvalue weighted by Crippen LogP contribution is -2.01. The van der Waals surface area contributed by atoms with E-state index in [1.807, 2.05) is 0 Å². The minimum absolute atomic E-state index is 0.0723. The number of halogens is 4. The lowest BCUT2D eigenvalue weighted by atomic mass is 10.0. The Labute approximate surface area is 102 Å². The third-order valence-corrected chi connectivity index (χ3v) is 2.66. The van der Waals surface area contributed by atoms with Gasteiger partial charge in [0.25, 0.3) is 6.43 Å². The van der Waals surface area contributed by atoms with E-state index in [0.717, 1.165) is 11.6 Å². The predicted molar refractivity (Wildman–Crippen MR) is 60.6 cm³/mol. The molecule has 0 radical (unpaired) electrons. The summed E-state index contributed by atoms with van der Waals surface area (Å²) >= 11 is 0. The van der Waals surface area contributed by atoms with Crippen LogP contribution in [0.25, 0.3) is 0 Å². The molecule has 4 heteroatoms. The first-order valence-electron chi connectivity index (χ1n) is 5.38. The van der Waals surface area contributed by atoms with Gasteiger partial charge >= 0.3 is 0 Å². The van der Waals surface area contributed by atoms with E-state index in [-0.39, 0.29) is 12.0 Å². The van der Waals surface area contributed by atoms with Gasteiger partial charge in [0, 0.05) is 6.42 Å². The van der Waals surface area contributed by atoms with E-state index in [1.54, 1.807) is 30.3 Å². The highest BCUT2D eigenvalue weighted by Gasteiger charge is 2.19. The van der Waals surface area contributed by atoms with Crippen LogP contribution in [0.5, 0.6) is 0 Å². The van der Waals surface area contributed by atoms with Gasteiger partial charge in [-0.25, -0.2) is 17.6 Å². The lowest BCUT2D eigenvalue weighted by Gasteiger charge is -2.08. The molecule has 0 nitrogen and oxygen atoms in total. The van der Waals surface area contributed by atoms with Crippen molar-refractivity contribution in [2.75, 3.05) is 0 Å². The molecule has 0 saturated heterocycles. The van der Waals surface area contributed by atoms with E-state index in [4.69, 9.17) is 0 Å². The summed E-state index contributed by atoms with van der Waals surface area (Å²) in [5.74, 6) is -2.66. The smallest absolute Gasteiger partial charge is 0.205 e. The molecule has 2 rings (SSSR count). The van der Waals surface area contributed by atoms with E-state index in [0.29, 0.717) is 0 Å². The Balaban J connectivity index is 2.33. The number of hydrogen-bond acceptors (Lipinski definition) is 0. The third kappa shape index (κ3) is 2.53. The van der Waals surface area contributed by atoms with Crippen LogP contribution >= 0.6 is 0 Å². The van der Waals surface area contributed by atoms with Crippen molar-refractivity contribution in [1.82, 2.24) is 0 Å². The Bertz CT molecular complexity index is 535. The standard InChI is InChI=1S/C14H10F4/c15-12-10(8-9-4-2-1-3-5-9)6-7-11(13(12)16)14(17)18/h1-7,14H,8H2. The maximum Gasteiger partial charge on any atom is 0.266 e. The second-order valence-corrected chi connectivity index (χ2v) is 3.90. The van der Waals surface area contributed by atoms with Gasteiger partial charge in [-0.15, -0.1) is 0 Å². The van der Waals surface area contributed by atoms with Gasteiger partial charge in [0.2, 0.25) is 0 Å². The first-order chi connectivity index (χ1) is 8.59. The largest absolute Gasteiger partial charge is 0.266 e. The van der Waals surface area contributed by atoms with E-state index < -0.39 is 23.6 Å². The van der Waals surface area contributed by atoms with Gasteiger partial charge in [-0.3, -0.25) is 0 Å². The fourth-order valence-electron chi connectivity index (χ4n) is 1.73. The highest BCUT2D eigenvalue weighted by Crippen LogP contribution is 2.26. The number of alkyl halides is 2. The molecule has 0 aromatic heterocycles. The van der Waals surface area contributed by atoms with Crippen molar-refractivity contribution in [1.29, 1.82) is 0 Å². The molecule has 0 spiro atoms. The first kappa shape index (κ1) is 12.6. The van der Waals surface area contributed by atoms with E-state index in [9.17, 15) is 17.6 Å². The van der Waals surface area contributed by atoms with Crippen molar-refractivity contribution in [3.63, 3.8) is 0 Å². The van der Waals surface area contributed by atoms with Gasteiger partial charge in [-0.1, -0.05) is 36.4 Å². The van der Waals surface area contributed by atoms with Gasteiger partial charge in [-0.2, -0.15) is 0 Å². The van der Waals surface area contributed by atoms with Crippen LogP contribution in [-0.2, 0) is 6.42 Å². The van der Waals surface area contributed by atoms with Crippen molar-refractivity contribution in [2.45, 2.75) is 12.8 Å². The molecule has 0 bridgehead atoms. The molecular formula is C14H10F4. The Kier molecular flexibility index (Phi) is 3.65. The first-order valence-corrected chi connectivity index (χ1v) is 5.38. The Morgan fingerprint density at radius 3 is 2.11 bits per heavy atom. The summed E-state index contributed by atoms with van der Waals surface area (Å²) in [6, 6.07) is 11.0. The maximum absolute atomic E-state index is 13.6. The monoisotopic (exact) mass is 254 g/mol. The van der Waals surface area contributed by atoms with Crippen LogP contribution < -0.4 is 0 Å². The van der Waals surface area contributed by atoms with Gasteiger partial charge in [0.1, 0.15) is 0 Å². The normalized spacial score (nSPS) is 10.9. The quantitative estimate of drug-likeness (QED) is 0.708.